The van der Waals surface area contributed by atoms with Crippen LogP contribution in [0.3, 0.4) is 0 Å². The summed E-state index contributed by atoms with van der Waals surface area (Å²) in [5.74, 6) is -1.07. The van der Waals surface area contributed by atoms with E-state index in [4.69, 9.17) is 0 Å². The Morgan fingerprint density at radius 1 is 1.15 bits per heavy atom. The maximum Gasteiger partial charge on any atom is 0.408 e. The van der Waals surface area contributed by atoms with Gasteiger partial charge in [-0.1, -0.05) is 6.92 Å². The smallest absolute Gasteiger partial charge is 0.389 e. The molecule has 1 heterocycles. The molecule has 1 aromatic rings. The van der Waals surface area contributed by atoms with Gasteiger partial charge in [0, 0.05) is 0 Å². The van der Waals surface area contributed by atoms with Gasteiger partial charge in [0.25, 0.3) is 0 Å². The Labute approximate surface area is 151 Å². The van der Waals surface area contributed by atoms with Gasteiger partial charge < -0.3 is 15.7 Å². The summed E-state index contributed by atoms with van der Waals surface area (Å²) in [6, 6.07) is -1.96. The number of allylic oxidation sites excluding steroid dienone is 1. The number of halogens is 6. The van der Waals surface area contributed by atoms with Gasteiger partial charge in [-0.05, 0) is 37.3 Å². The predicted octanol–water partition coefficient (Wildman–Crippen LogP) is 3.53. The summed E-state index contributed by atoms with van der Waals surface area (Å²) in [5.41, 5.74) is 0.439. The fourth-order valence-electron chi connectivity index (χ4n) is 2.50. The van der Waals surface area contributed by atoms with Crippen molar-refractivity contribution in [3.05, 3.63) is 11.9 Å². The topological polar surface area (TPSA) is 83.0 Å². The third-order valence-corrected chi connectivity index (χ3v) is 3.82. The van der Waals surface area contributed by atoms with E-state index in [-0.39, 0.29) is 12.2 Å². The number of hydrogen-bond acceptors (Lipinski definition) is 6. The standard InChI is InChI=1S/C15H19F6N5O/c1-2-10(15(19,20)21)23-13-25-11(8-4-3-5-9(27)6-8)24-12(26-13)22-7-14(16,17)18/h6,9-10,27H,2-5,7H2,1H3,(H2,22,23,24,25,26)/t9?,10-/m1/s1. The van der Waals surface area contributed by atoms with E-state index in [9.17, 15) is 31.4 Å². The minimum Gasteiger partial charge on any atom is -0.389 e. The second-order valence-electron chi connectivity index (χ2n) is 6.07. The molecule has 0 spiro atoms. The molecule has 27 heavy (non-hydrogen) atoms. The van der Waals surface area contributed by atoms with Crippen LogP contribution in [0.5, 0.6) is 0 Å². The normalized spacial score (nSPS) is 19.4. The van der Waals surface area contributed by atoms with Gasteiger partial charge in [0.2, 0.25) is 11.9 Å². The van der Waals surface area contributed by atoms with E-state index in [1.54, 1.807) is 0 Å². The highest BCUT2D eigenvalue weighted by atomic mass is 19.4. The quantitative estimate of drug-likeness (QED) is 0.635. The lowest BCUT2D eigenvalue weighted by Crippen LogP contribution is -2.36. The molecule has 0 fully saturated rings. The second kappa shape index (κ2) is 8.28. The highest BCUT2D eigenvalue weighted by molar-refractivity contribution is 5.63. The average molecular weight is 399 g/mol. The van der Waals surface area contributed by atoms with Gasteiger partial charge >= 0.3 is 12.4 Å². The number of aliphatic hydroxyl groups excluding tert-OH is 1. The van der Waals surface area contributed by atoms with E-state index < -0.39 is 42.9 Å². The minimum atomic E-state index is -4.58. The van der Waals surface area contributed by atoms with Crippen molar-refractivity contribution in [3.63, 3.8) is 0 Å². The zero-order chi connectivity index (χ0) is 20.2. The molecular formula is C15H19F6N5O. The van der Waals surface area contributed by atoms with Crippen LogP contribution in [-0.2, 0) is 0 Å². The molecule has 0 bridgehead atoms. The number of nitrogens with one attached hydrogen (secondary N) is 2. The first-order chi connectivity index (χ1) is 12.5. The van der Waals surface area contributed by atoms with Gasteiger partial charge in [0.15, 0.2) is 5.82 Å². The van der Waals surface area contributed by atoms with Gasteiger partial charge in [-0.2, -0.15) is 41.3 Å². The number of anilines is 2. The molecule has 0 radical (unpaired) electrons. The number of aliphatic hydroxyl groups is 1. The SMILES string of the molecule is CC[C@@H](Nc1nc(NCC(F)(F)F)nc(C2=CC(O)CCC2)n1)C(F)(F)F. The van der Waals surface area contributed by atoms with Crippen LogP contribution in [0.15, 0.2) is 6.08 Å². The summed E-state index contributed by atoms with van der Waals surface area (Å²) >= 11 is 0. The van der Waals surface area contributed by atoms with Crippen molar-refractivity contribution in [2.45, 2.75) is 57.1 Å². The van der Waals surface area contributed by atoms with E-state index in [1.165, 1.54) is 13.0 Å². The Bertz CT molecular complexity index is 676. The number of nitrogens with zero attached hydrogens (tertiary/aromatic N) is 3. The van der Waals surface area contributed by atoms with Crippen molar-refractivity contribution in [3.8, 4) is 0 Å². The lowest BCUT2D eigenvalue weighted by atomic mass is 9.97. The van der Waals surface area contributed by atoms with Gasteiger partial charge in [-0.3, -0.25) is 0 Å². The summed E-state index contributed by atoms with van der Waals surface area (Å²) in [7, 11) is 0. The van der Waals surface area contributed by atoms with Crippen LogP contribution in [0, 0.1) is 0 Å². The molecule has 2 rings (SSSR count). The largest absolute Gasteiger partial charge is 0.408 e. The molecule has 2 atom stereocenters. The molecule has 1 unspecified atom stereocenters. The van der Waals surface area contributed by atoms with E-state index in [1.807, 2.05) is 5.32 Å². The van der Waals surface area contributed by atoms with Crippen LogP contribution in [0.2, 0.25) is 0 Å². The number of hydrogen-bond donors (Lipinski definition) is 3. The van der Waals surface area contributed by atoms with Crippen LogP contribution in [0.1, 0.15) is 38.4 Å². The summed E-state index contributed by atoms with van der Waals surface area (Å²) in [4.78, 5) is 11.4. The van der Waals surface area contributed by atoms with E-state index >= 15 is 0 Å². The zero-order valence-electron chi connectivity index (χ0n) is 14.3. The molecule has 0 aliphatic heterocycles. The maximum atomic E-state index is 13.0. The fraction of sp³-hybridized carbons (Fsp3) is 0.667. The molecular weight excluding hydrogens is 380 g/mol. The van der Waals surface area contributed by atoms with Crippen molar-refractivity contribution < 1.29 is 31.4 Å². The van der Waals surface area contributed by atoms with Gasteiger partial charge in [0.05, 0.1) is 6.10 Å². The Morgan fingerprint density at radius 3 is 2.37 bits per heavy atom. The van der Waals surface area contributed by atoms with Crippen molar-refractivity contribution in [2.24, 2.45) is 0 Å². The molecule has 12 heteroatoms. The van der Waals surface area contributed by atoms with E-state index in [2.05, 4.69) is 20.3 Å². The monoisotopic (exact) mass is 399 g/mol. The highest BCUT2D eigenvalue weighted by Gasteiger charge is 2.39. The summed E-state index contributed by atoms with van der Waals surface area (Å²) in [6.45, 7) is -0.149. The fourth-order valence-corrected chi connectivity index (χ4v) is 2.50. The first-order valence-electron chi connectivity index (χ1n) is 8.27. The zero-order valence-corrected chi connectivity index (χ0v) is 14.3. The molecule has 3 N–H and O–H groups in total. The lowest BCUT2D eigenvalue weighted by molar-refractivity contribution is -0.143. The number of aromatic nitrogens is 3. The first-order valence-corrected chi connectivity index (χ1v) is 8.27. The third kappa shape index (κ3) is 6.52. The molecule has 1 aromatic heterocycles. The van der Waals surface area contributed by atoms with Crippen molar-refractivity contribution in [1.29, 1.82) is 0 Å². The summed E-state index contributed by atoms with van der Waals surface area (Å²) < 4.78 is 76.2. The molecule has 0 aromatic carbocycles. The van der Waals surface area contributed by atoms with Crippen LogP contribution in [-0.4, -0.2) is 51.1 Å². The molecule has 152 valence electrons. The Morgan fingerprint density at radius 2 is 1.81 bits per heavy atom. The van der Waals surface area contributed by atoms with E-state index in [0.717, 1.165) is 0 Å². The molecule has 1 aliphatic rings. The molecule has 6 nitrogen and oxygen atoms in total. The Kier molecular flexibility index (Phi) is 6.50. The van der Waals surface area contributed by atoms with Crippen molar-refractivity contribution in [2.75, 3.05) is 17.2 Å². The highest BCUT2D eigenvalue weighted by Crippen LogP contribution is 2.28. The van der Waals surface area contributed by atoms with Gasteiger partial charge in [-0.15, -0.1) is 0 Å². The number of alkyl halides is 6. The van der Waals surface area contributed by atoms with E-state index in [0.29, 0.717) is 24.8 Å². The summed E-state index contributed by atoms with van der Waals surface area (Å²) in [6.07, 6.45) is -7.26. The van der Waals surface area contributed by atoms with Crippen LogP contribution < -0.4 is 10.6 Å². The van der Waals surface area contributed by atoms with Gasteiger partial charge in [-0.25, -0.2) is 0 Å². The van der Waals surface area contributed by atoms with Crippen molar-refractivity contribution >= 4 is 17.5 Å². The molecule has 1 aliphatic carbocycles. The second-order valence-corrected chi connectivity index (χ2v) is 6.07. The first kappa shape index (κ1) is 21.2. The average Bonchev–Trinajstić information content (AvgIpc) is 2.56. The van der Waals surface area contributed by atoms with Gasteiger partial charge in [0.1, 0.15) is 12.6 Å². The van der Waals surface area contributed by atoms with Crippen molar-refractivity contribution in [1.82, 2.24) is 15.0 Å². The van der Waals surface area contributed by atoms with Crippen LogP contribution in [0.25, 0.3) is 5.57 Å². The molecule has 0 amide bonds. The Hall–Kier alpha value is -2.11. The molecule has 0 saturated heterocycles. The predicted molar refractivity (Wildman–Crippen MR) is 86.0 cm³/mol. The van der Waals surface area contributed by atoms with Crippen LogP contribution in [0.4, 0.5) is 38.2 Å². The molecule has 0 saturated carbocycles. The third-order valence-electron chi connectivity index (χ3n) is 3.82. The number of rotatable bonds is 6. The maximum absolute atomic E-state index is 13.0. The van der Waals surface area contributed by atoms with Crippen LogP contribution >= 0.6 is 0 Å². The summed E-state index contributed by atoms with van der Waals surface area (Å²) in [5, 5.41) is 13.7. The lowest BCUT2D eigenvalue weighted by Gasteiger charge is -2.21. The minimum absolute atomic E-state index is 0.0760. The Balaban J connectivity index is 2.35.